The molecule has 1 fully saturated rings. The van der Waals surface area contributed by atoms with Crippen LogP contribution in [0.15, 0.2) is 30.6 Å². The minimum atomic E-state index is -0.438. The normalized spacial score (nSPS) is 17.2. The topological polar surface area (TPSA) is 81.4 Å². The standard InChI is InChI=1S/C19H24N4O3/c1-3-14-8-10-16(11-9-14)26-19-17(23(24)25)18(20-13-21-19)22-12-6-5-7-15(22)4-2/h8-11,13,15H,3-7,12H2,1-2H3. The fourth-order valence-electron chi connectivity index (χ4n) is 3.41. The van der Waals surface area contributed by atoms with E-state index in [2.05, 4.69) is 23.8 Å². The van der Waals surface area contributed by atoms with E-state index in [1.807, 2.05) is 17.0 Å². The average Bonchev–Trinajstić information content (AvgIpc) is 2.68. The predicted octanol–water partition coefficient (Wildman–Crippen LogP) is 4.51. The summed E-state index contributed by atoms with van der Waals surface area (Å²) in [5.74, 6) is 0.877. The molecule has 1 aromatic heterocycles. The van der Waals surface area contributed by atoms with Crippen LogP contribution in [0.25, 0.3) is 0 Å². The highest BCUT2D eigenvalue weighted by molar-refractivity contribution is 5.64. The molecule has 1 aliphatic heterocycles. The van der Waals surface area contributed by atoms with E-state index < -0.39 is 4.92 Å². The molecule has 138 valence electrons. The molecule has 1 atom stereocenters. The molecular weight excluding hydrogens is 332 g/mol. The van der Waals surface area contributed by atoms with E-state index in [1.54, 1.807) is 12.1 Å². The van der Waals surface area contributed by atoms with E-state index in [4.69, 9.17) is 4.74 Å². The second kappa shape index (κ2) is 8.12. The summed E-state index contributed by atoms with van der Waals surface area (Å²) in [7, 11) is 0. The molecule has 3 rings (SSSR count). The highest BCUT2D eigenvalue weighted by Crippen LogP contribution is 2.38. The van der Waals surface area contributed by atoms with E-state index in [0.717, 1.165) is 38.6 Å². The SMILES string of the molecule is CCc1ccc(Oc2ncnc(N3CCCCC3CC)c2[N+](=O)[O-])cc1. The predicted molar refractivity (Wildman–Crippen MR) is 99.9 cm³/mol. The number of nitrogens with zero attached hydrogens (tertiary/aromatic N) is 4. The summed E-state index contributed by atoms with van der Waals surface area (Å²) in [6.45, 7) is 4.93. The monoisotopic (exact) mass is 356 g/mol. The number of hydrogen-bond acceptors (Lipinski definition) is 6. The molecular formula is C19H24N4O3. The van der Waals surface area contributed by atoms with Crippen molar-refractivity contribution in [1.82, 2.24) is 9.97 Å². The zero-order valence-corrected chi connectivity index (χ0v) is 15.2. The second-order valence-electron chi connectivity index (χ2n) is 6.46. The number of ether oxygens (including phenoxy) is 1. The summed E-state index contributed by atoms with van der Waals surface area (Å²) in [4.78, 5) is 21.7. The van der Waals surface area contributed by atoms with Crippen molar-refractivity contribution in [3.8, 4) is 11.6 Å². The minimum Gasteiger partial charge on any atom is -0.434 e. The Kier molecular flexibility index (Phi) is 5.65. The van der Waals surface area contributed by atoms with Crippen LogP contribution in [0.2, 0.25) is 0 Å². The van der Waals surface area contributed by atoms with Crippen molar-refractivity contribution in [2.45, 2.75) is 52.0 Å². The van der Waals surface area contributed by atoms with Crippen LogP contribution in [0.3, 0.4) is 0 Å². The van der Waals surface area contributed by atoms with E-state index in [-0.39, 0.29) is 17.6 Å². The zero-order valence-electron chi connectivity index (χ0n) is 15.2. The van der Waals surface area contributed by atoms with Gasteiger partial charge in [-0.3, -0.25) is 10.1 Å². The van der Waals surface area contributed by atoms with Crippen LogP contribution in [0, 0.1) is 10.1 Å². The fourth-order valence-corrected chi connectivity index (χ4v) is 3.41. The molecule has 2 heterocycles. The Hall–Kier alpha value is -2.70. The van der Waals surface area contributed by atoms with Crippen LogP contribution in [-0.2, 0) is 6.42 Å². The van der Waals surface area contributed by atoms with Crippen LogP contribution in [0.4, 0.5) is 11.5 Å². The molecule has 0 bridgehead atoms. The summed E-state index contributed by atoms with van der Waals surface area (Å²) >= 11 is 0. The van der Waals surface area contributed by atoms with Gasteiger partial charge in [0, 0.05) is 12.6 Å². The molecule has 0 amide bonds. The molecule has 1 saturated heterocycles. The van der Waals surface area contributed by atoms with Gasteiger partial charge in [-0.25, -0.2) is 4.98 Å². The minimum absolute atomic E-state index is 0.00956. The first-order valence-corrected chi connectivity index (χ1v) is 9.16. The summed E-state index contributed by atoms with van der Waals surface area (Å²) in [6.07, 6.45) is 6.36. The maximum Gasteiger partial charge on any atom is 0.373 e. The van der Waals surface area contributed by atoms with Gasteiger partial charge in [0.05, 0.1) is 4.92 Å². The lowest BCUT2D eigenvalue weighted by Gasteiger charge is -2.35. The van der Waals surface area contributed by atoms with Crippen LogP contribution in [0.1, 0.15) is 45.1 Å². The summed E-state index contributed by atoms with van der Waals surface area (Å²) in [5.41, 5.74) is 1.02. The Labute approximate surface area is 153 Å². The summed E-state index contributed by atoms with van der Waals surface area (Å²) in [5, 5.41) is 11.8. The molecule has 1 aliphatic rings. The van der Waals surface area contributed by atoms with E-state index in [1.165, 1.54) is 11.9 Å². The van der Waals surface area contributed by atoms with E-state index in [0.29, 0.717) is 11.6 Å². The Morgan fingerprint density at radius 1 is 1.23 bits per heavy atom. The Morgan fingerprint density at radius 3 is 2.65 bits per heavy atom. The van der Waals surface area contributed by atoms with Crippen molar-refractivity contribution in [1.29, 1.82) is 0 Å². The average molecular weight is 356 g/mol. The Bertz CT molecular complexity index is 764. The molecule has 1 aromatic carbocycles. The quantitative estimate of drug-likeness (QED) is 0.559. The van der Waals surface area contributed by atoms with Crippen molar-refractivity contribution < 1.29 is 9.66 Å². The van der Waals surface area contributed by atoms with E-state index >= 15 is 0 Å². The Morgan fingerprint density at radius 2 is 2.00 bits per heavy atom. The molecule has 0 spiro atoms. The maximum atomic E-state index is 11.8. The molecule has 7 heteroatoms. The van der Waals surface area contributed by atoms with Gasteiger partial charge in [-0.1, -0.05) is 26.0 Å². The molecule has 0 radical (unpaired) electrons. The third-order valence-corrected chi connectivity index (χ3v) is 4.87. The van der Waals surface area contributed by atoms with Gasteiger partial charge >= 0.3 is 11.6 Å². The van der Waals surface area contributed by atoms with E-state index in [9.17, 15) is 10.1 Å². The molecule has 2 aromatic rings. The van der Waals surface area contributed by atoms with Gasteiger partial charge in [-0.15, -0.1) is 0 Å². The fraction of sp³-hybridized carbons (Fsp3) is 0.474. The van der Waals surface area contributed by atoms with Crippen LogP contribution in [0.5, 0.6) is 11.6 Å². The molecule has 1 unspecified atom stereocenters. The zero-order chi connectivity index (χ0) is 18.5. The van der Waals surface area contributed by atoms with Gasteiger partial charge in [-0.2, -0.15) is 4.98 Å². The molecule has 7 nitrogen and oxygen atoms in total. The number of hydrogen-bond donors (Lipinski definition) is 0. The summed E-state index contributed by atoms with van der Waals surface area (Å²) in [6, 6.07) is 7.76. The first-order valence-electron chi connectivity index (χ1n) is 9.16. The third-order valence-electron chi connectivity index (χ3n) is 4.87. The number of benzene rings is 1. The molecule has 26 heavy (non-hydrogen) atoms. The number of piperidine rings is 1. The number of anilines is 1. The first kappa shape index (κ1) is 18.1. The number of aryl methyl sites for hydroxylation is 1. The smallest absolute Gasteiger partial charge is 0.373 e. The highest BCUT2D eigenvalue weighted by atomic mass is 16.6. The van der Waals surface area contributed by atoms with Crippen molar-refractivity contribution >= 4 is 11.5 Å². The van der Waals surface area contributed by atoms with Gasteiger partial charge in [0.2, 0.25) is 5.82 Å². The number of aromatic nitrogens is 2. The molecule has 0 aliphatic carbocycles. The van der Waals surface area contributed by atoms with Gasteiger partial charge < -0.3 is 9.64 Å². The van der Waals surface area contributed by atoms with Crippen LogP contribution in [-0.4, -0.2) is 27.5 Å². The first-order chi connectivity index (χ1) is 12.6. The Balaban J connectivity index is 1.96. The van der Waals surface area contributed by atoms with Gasteiger partial charge in [0.1, 0.15) is 12.1 Å². The van der Waals surface area contributed by atoms with Crippen LogP contribution < -0.4 is 9.64 Å². The second-order valence-corrected chi connectivity index (χ2v) is 6.46. The van der Waals surface area contributed by atoms with Crippen molar-refractivity contribution in [2.75, 3.05) is 11.4 Å². The van der Waals surface area contributed by atoms with Gasteiger partial charge in [0.25, 0.3) is 0 Å². The van der Waals surface area contributed by atoms with Gasteiger partial charge in [-0.05, 0) is 49.8 Å². The summed E-state index contributed by atoms with van der Waals surface area (Å²) < 4.78 is 5.75. The molecule has 0 saturated carbocycles. The lowest BCUT2D eigenvalue weighted by molar-refractivity contribution is -0.385. The van der Waals surface area contributed by atoms with Crippen molar-refractivity contribution in [3.05, 3.63) is 46.3 Å². The van der Waals surface area contributed by atoms with Gasteiger partial charge in [0.15, 0.2) is 0 Å². The highest BCUT2D eigenvalue weighted by Gasteiger charge is 2.32. The molecule has 0 N–H and O–H groups in total. The lowest BCUT2D eigenvalue weighted by atomic mass is 10.00. The van der Waals surface area contributed by atoms with Crippen LogP contribution >= 0.6 is 0 Å². The maximum absolute atomic E-state index is 11.8. The van der Waals surface area contributed by atoms with Crippen molar-refractivity contribution in [3.63, 3.8) is 0 Å². The largest absolute Gasteiger partial charge is 0.434 e. The third kappa shape index (κ3) is 3.76. The van der Waals surface area contributed by atoms with Crippen molar-refractivity contribution in [2.24, 2.45) is 0 Å². The lowest BCUT2D eigenvalue weighted by Crippen LogP contribution is -2.40. The number of rotatable bonds is 6. The number of nitro groups is 1.